The first kappa shape index (κ1) is 41.9. The van der Waals surface area contributed by atoms with Gasteiger partial charge in [-0.1, -0.05) is 97.8 Å². The van der Waals surface area contributed by atoms with E-state index in [1.165, 1.54) is 140 Å². The van der Waals surface area contributed by atoms with Gasteiger partial charge in [0.05, 0.1) is 26.7 Å². The summed E-state index contributed by atoms with van der Waals surface area (Å²) in [6.45, 7) is 11.2. The molecule has 0 saturated heterocycles. The number of nitrogens with zero attached hydrogens (tertiary/aromatic N) is 1. The minimum Gasteiger partial charge on any atom is -0.894 e. The molecule has 0 atom stereocenters. The summed E-state index contributed by atoms with van der Waals surface area (Å²) in [4.78, 5) is 34.3. The molecule has 0 amide bonds. The average molecular weight is 508 g/mol. The minimum atomic E-state index is -5.61. The van der Waals surface area contributed by atoms with Gasteiger partial charge in [-0.3, -0.25) is 0 Å². The zero-order chi connectivity index (χ0) is 23.8. The van der Waals surface area contributed by atoms with E-state index >= 15 is 0 Å². The molecule has 0 unspecified atom stereocenters. The van der Waals surface area contributed by atoms with Crippen molar-refractivity contribution in [3.63, 3.8) is 0 Å². The molecule has 0 bridgehead atoms. The van der Waals surface area contributed by atoms with Crippen LogP contribution in [0.4, 0.5) is 0 Å². The summed E-state index contributed by atoms with van der Waals surface area (Å²) < 4.78 is 1.36. The molecule has 0 aromatic heterocycles. The second kappa shape index (κ2) is 30.0. The predicted molar refractivity (Wildman–Crippen MR) is 132 cm³/mol. The van der Waals surface area contributed by atoms with Gasteiger partial charge in [-0.15, -0.1) is 0 Å². The first-order chi connectivity index (χ1) is 14.7. The maximum Gasteiger partial charge on any atom is 2.00 e. The van der Waals surface area contributed by atoms with Crippen LogP contribution >= 0.6 is 0 Å². The third kappa shape index (κ3) is 41.2. The molecule has 0 aliphatic carbocycles. The second-order valence-corrected chi connectivity index (χ2v) is 10.6. The first-order valence-corrected chi connectivity index (χ1v) is 15.0. The number of unbranched alkanes of at least 4 members (excludes halogenated alkanes) is 15. The Hall–Kier alpha value is 1.78. The monoisotopic (exact) mass is 507 g/mol. The quantitative estimate of drug-likeness (QED) is 0.124. The van der Waals surface area contributed by atoms with Crippen LogP contribution in [0, 0.1) is 0 Å². The fourth-order valence-electron chi connectivity index (χ4n) is 4.16. The summed E-state index contributed by atoms with van der Waals surface area (Å²) in [7, 11) is -3.05. The summed E-state index contributed by atoms with van der Waals surface area (Å²) >= 11 is 0. The van der Waals surface area contributed by atoms with Crippen LogP contribution in [0.25, 0.3) is 0 Å². The summed E-state index contributed by atoms with van der Waals surface area (Å²) in [5.74, 6) is 0. The van der Waals surface area contributed by atoms with Gasteiger partial charge >= 0.3 is 52.6 Å². The van der Waals surface area contributed by atoms with Crippen molar-refractivity contribution in [1.29, 1.82) is 0 Å². The molecule has 0 aliphatic heterocycles. The van der Waals surface area contributed by atoms with Crippen molar-refractivity contribution >= 4 is 32.1 Å². The van der Waals surface area contributed by atoms with Gasteiger partial charge in [0, 0.05) is 0 Å². The molecule has 0 aromatic rings. The van der Waals surface area contributed by atoms with E-state index in [0.717, 1.165) is 0 Å². The smallest absolute Gasteiger partial charge is 0.894 e. The third-order valence-corrected chi connectivity index (χ3v) is 6.15. The van der Waals surface area contributed by atoms with Crippen LogP contribution in [0.3, 0.4) is 0 Å². The van der Waals surface area contributed by atoms with Crippen molar-refractivity contribution in [1.82, 2.24) is 0 Å². The summed E-state index contributed by atoms with van der Waals surface area (Å²) in [5.41, 5.74) is 0. The Balaban J connectivity index is -0.000000539. The third-order valence-electron chi connectivity index (χ3n) is 6.15. The molecule has 190 valence electrons. The Kier molecular flexibility index (Phi) is 38.1. The van der Waals surface area contributed by atoms with Gasteiger partial charge in [-0.05, 0) is 38.5 Å². The van der Waals surface area contributed by atoms with Crippen molar-refractivity contribution in [2.75, 3.05) is 26.7 Å². The molecule has 0 radical (unpaired) electrons. The van der Waals surface area contributed by atoms with Crippen LogP contribution in [-0.2, 0) is 0 Å². The summed E-state index contributed by atoms with van der Waals surface area (Å²) in [5, 5.41) is 0. The molecule has 0 aromatic carbocycles. The van der Waals surface area contributed by atoms with Gasteiger partial charge in [0.15, 0.2) is 0 Å². The molecule has 0 saturated carbocycles. The molecule has 0 rings (SSSR count). The second-order valence-electron chi connectivity index (χ2n) is 9.59. The van der Waals surface area contributed by atoms with E-state index in [-0.39, 0.29) is 52.6 Å². The molecular formula is C25H54MgNNaO4Si. The molecular weight excluding hydrogens is 454 g/mol. The minimum absolute atomic E-state index is 0. The normalized spacial score (nSPS) is 11.3. The van der Waals surface area contributed by atoms with Gasteiger partial charge in [0.2, 0.25) is 0 Å². The van der Waals surface area contributed by atoms with E-state index < -0.39 is 9.05 Å². The fraction of sp³-hybridized carbons (Fsp3) is 1.00. The SMILES string of the molecule is CCCCCCCC[N+](C)(CCCCCCCC)CCCCCCCC.[Mg+2].[Na+].[O-][Si]([O-])([O-])[O-]. The number of quaternary nitrogens is 1. The van der Waals surface area contributed by atoms with E-state index in [1.54, 1.807) is 0 Å². The fourth-order valence-corrected chi connectivity index (χ4v) is 4.16. The largest absolute Gasteiger partial charge is 2.00 e. The van der Waals surface area contributed by atoms with E-state index in [4.69, 9.17) is 19.2 Å². The van der Waals surface area contributed by atoms with Crippen LogP contribution in [0.2, 0.25) is 0 Å². The Morgan fingerprint density at radius 1 is 0.455 bits per heavy atom. The Labute approximate surface area is 246 Å². The molecule has 0 fully saturated rings. The molecule has 33 heavy (non-hydrogen) atoms. The van der Waals surface area contributed by atoms with E-state index in [0.29, 0.717) is 0 Å². The van der Waals surface area contributed by atoms with Crippen molar-refractivity contribution in [2.24, 2.45) is 0 Å². The Morgan fingerprint density at radius 2 is 0.636 bits per heavy atom. The molecule has 8 heteroatoms. The zero-order valence-electron chi connectivity index (χ0n) is 23.1. The van der Waals surface area contributed by atoms with Crippen LogP contribution < -0.4 is 48.7 Å². The van der Waals surface area contributed by atoms with Gasteiger partial charge in [-0.25, -0.2) is 0 Å². The van der Waals surface area contributed by atoms with Crippen LogP contribution in [0.1, 0.15) is 136 Å². The number of rotatable bonds is 21. The number of hydrogen-bond donors (Lipinski definition) is 0. The average Bonchev–Trinajstić information content (AvgIpc) is 2.69. The van der Waals surface area contributed by atoms with Gasteiger partial charge < -0.3 is 32.7 Å². The van der Waals surface area contributed by atoms with Crippen molar-refractivity contribution in [3.8, 4) is 0 Å². The van der Waals surface area contributed by atoms with Crippen molar-refractivity contribution < 1.29 is 53.2 Å². The van der Waals surface area contributed by atoms with Crippen LogP contribution in [0.5, 0.6) is 0 Å². The van der Waals surface area contributed by atoms with Crippen molar-refractivity contribution in [3.05, 3.63) is 0 Å². The van der Waals surface area contributed by atoms with Gasteiger partial charge in [-0.2, -0.15) is 0 Å². The van der Waals surface area contributed by atoms with Gasteiger partial charge in [0.1, 0.15) is 0 Å². The standard InChI is InChI=1S/C25H54N.Mg.Na.O4Si/c1-5-8-11-14-17-20-23-26(4,24-21-18-15-12-9-6-2)25-22-19-16-13-10-7-3;;;1-5(2,3)4/h5-25H2,1-4H3;;;/q+1;+2;+1;-4. The maximum absolute atomic E-state index is 8.58. The van der Waals surface area contributed by atoms with E-state index in [9.17, 15) is 0 Å². The van der Waals surface area contributed by atoms with Crippen LogP contribution in [-0.4, -0.2) is 63.3 Å². The first-order valence-electron chi connectivity index (χ1n) is 13.3. The van der Waals surface area contributed by atoms with E-state index in [2.05, 4.69) is 27.8 Å². The predicted octanol–water partition coefficient (Wildman–Crippen LogP) is 0.000900. The molecule has 0 heterocycles. The summed E-state index contributed by atoms with van der Waals surface area (Å²) in [6.07, 6.45) is 25.9. The zero-order valence-corrected chi connectivity index (χ0v) is 27.6. The molecule has 0 N–H and O–H groups in total. The van der Waals surface area contributed by atoms with Gasteiger partial charge in [0.25, 0.3) is 0 Å². The number of hydrogen-bond acceptors (Lipinski definition) is 4. The maximum atomic E-state index is 8.58. The van der Waals surface area contributed by atoms with Crippen molar-refractivity contribution in [2.45, 2.75) is 136 Å². The summed E-state index contributed by atoms with van der Waals surface area (Å²) in [6, 6.07) is 0. The topological polar surface area (TPSA) is 92.2 Å². The Bertz CT molecular complexity index is 317. The molecule has 5 nitrogen and oxygen atoms in total. The van der Waals surface area contributed by atoms with Crippen LogP contribution in [0.15, 0.2) is 0 Å². The van der Waals surface area contributed by atoms with E-state index in [1.807, 2.05) is 0 Å². The Morgan fingerprint density at radius 3 is 0.848 bits per heavy atom. The molecule has 0 spiro atoms. The molecule has 0 aliphatic rings.